The molecule has 1 rings (SSSR count). The monoisotopic (exact) mass is 296 g/mol. The van der Waals surface area contributed by atoms with Gasteiger partial charge in [-0.05, 0) is 25.0 Å². The molecule has 0 spiro atoms. The summed E-state index contributed by atoms with van der Waals surface area (Å²) in [4.78, 5) is 11.8. The van der Waals surface area contributed by atoms with Gasteiger partial charge in [0.15, 0.2) is 17.3 Å². The van der Waals surface area contributed by atoms with Gasteiger partial charge in [-0.15, -0.1) is 0 Å². The molecule has 0 heterocycles. The Balaban J connectivity index is 3.11. The first-order chi connectivity index (χ1) is 10.2. The average molecular weight is 296 g/mol. The number of benzene rings is 1. The maximum Gasteiger partial charge on any atom is 0.172 e. The first kappa shape index (κ1) is 17.5. The molecule has 1 aromatic rings. The van der Waals surface area contributed by atoms with Crippen LogP contribution in [-0.4, -0.2) is 46.4 Å². The van der Waals surface area contributed by atoms with Crippen LogP contribution in [0, 0.1) is 0 Å². The summed E-state index contributed by atoms with van der Waals surface area (Å²) in [6.45, 7) is 5.25. The third-order valence-electron chi connectivity index (χ3n) is 3.02. The molecule has 0 aromatic heterocycles. The number of methoxy groups -OCH3 is 2. The first-order valence-electron chi connectivity index (χ1n) is 7.05. The lowest BCUT2D eigenvalue weighted by molar-refractivity contribution is 0.100. The summed E-state index contributed by atoms with van der Waals surface area (Å²) in [5, 5.41) is 0. The van der Waals surface area contributed by atoms with Crippen molar-refractivity contribution >= 4 is 5.78 Å². The molecule has 1 aromatic carbocycles. The molecule has 0 saturated heterocycles. The molecule has 0 bridgehead atoms. The Labute approximate surface area is 126 Å². The van der Waals surface area contributed by atoms with E-state index in [0.29, 0.717) is 43.5 Å². The molecule has 0 N–H and O–H groups in total. The number of hydrogen-bond donors (Lipinski definition) is 0. The number of rotatable bonds is 10. The van der Waals surface area contributed by atoms with Crippen molar-refractivity contribution in [3.05, 3.63) is 23.3 Å². The van der Waals surface area contributed by atoms with Crippen LogP contribution in [0.15, 0.2) is 12.1 Å². The Bertz CT molecular complexity index is 456. The highest BCUT2D eigenvalue weighted by atomic mass is 16.5. The van der Waals surface area contributed by atoms with Gasteiger partial charge < -0.3 is 18.9 Å². The third-order valence-corrected chi connectivity index (χ3v) is 3.02. The topological polar surface area (TPSA) is 54.0 Å². The van der Waals surface area contributed by atoms with E-state index in [1.165, 1.54) is 6.92 Å². The summed E-state index contributed by atoms with van der Waals surface area (Å²) in [6, 6.07) is 3.69. The Kier molecular flexibility index (Phi) is 7.79. The van der Waals surface area contributed by atoms with Crippen LogP contribution in [0.1, 0.15) is 29.8 Å². The van der Waals surface area contributed by atoms with E-state index in [2.05, 4.69) is 0 Å². The van der Waals surface area contributed by atoms with Crippen LogP contribution in [0.2, 0.25) is 0 Å². The fourth-order valence-electron chi connectivity index (χ4n) is 1.91. The summed E-state index contributed by atoms with van der Waals surface area (Å²) in [6.07, 6.45) is 0.793. The number of carbonyl (C=O) groups is 1. The Morgan fingerprint density at radius 3 is 2.00 bits per heavy atom. The van der Waals surface area contributed by atoms with Gasteiger partial charge in [-0.1, -0.05) is 13.0 Å². The standard InChI is InChI=1S/C16H24O5/c1-5-13-6-7-14(12(2)17)16(21-11-9-19-4)15(13)20-10-8-18-3/h6-7H,5,8-11H2,1-4H3. The Morgan fingerprint density at radius 1 is 0.952 bits per heavy atom. The summed E-state index contributed by atoms with van der Waals surface area (Å²) < 4.78 is 21.5. The number of aryl methyl sites for hydroxylation is 1. The molecule has 0 unspecified atom stereocenters. The van der Waals surface area contributed by atoms with Gasteiger partial charge in [-0.2, -0.15) is 0 Å². The van der Waals surface area contributed by atoms with Gasteiger partial charge >= 0.3 is 0 Å². The maximum atomic E-state index is 11.8. The maximum absolute atomic E-state index is 11.8. The lowest BCUT2D eigenvalue weighted by atomic mass is 10.0. The fourth-order valence-corrected chi connectivity index (χ4v) is 1.91. The minimum Gasteiger partial charge on any atom is -0.487 e. The lowest BCUT2D eigenvalue weighted by Gasteiger charge is -2.18. The molecule has 5 nitrogen and oxygen atoms in total. The molecule has 0 amide bonds. The molecular formula is C16H24O5. The van der Waals surface area contributed by atoms with Gasteiger partial charge in [0.05, 0.1) is 18.8 Å². The second-order valence-corrected chi connectivity index (χ2v) is 4.52. The van der Waals surface area contributed by atoms with E-state index in [1.807, 2.05) is 13.0 Å². The number of ether oxygens (including phenoxy) is 4. The Morgan fingerprint density at radius 2 is 1.52 bits per heavy atom. The van der Waals surface area contributed by atoms with Gasteiger partial charge in [0, 0.05) is 14.2 Å². The summed E-state index contributed by atoms with van der Waals surface area (Å²) in [7, 11) is 3.22. The smallest absolute Gasteiger partial charge is 0.172 e. The molecule has 0 aliphatic carbocycles. The molecule has 118 valence electrons. The second-order valence-electron chi connectivity index (χ2n) is 4.52. The van der Waals surface area contributed by atoms with E-state index < -0.39 is 0 Å². The van der Waals surface area contributed by atoms with Crippen molar-refractivity contribution in [2.75, 3.05) is 40.6 Å². The largest absolute Gasteiger partial charge is 0.487 e. The number of Topliss-reactive ketones (excluding diaryl/α,β-unsaturated/α-hetero) is 1. The van der Waals surface area contributed by atoms with Crippen LogP contribution >= 0.6 is 0 Å². The Hall–Kier alpha value is -1.59. The summed E-state index contributed by atoms with van der Waals surface area (Å²) in [5.41, 5.74) is 1.53. The molecule has 0 aliphatic rings. The normalized spacial score (nSPS) is 10.5. The van der Waals surface area contributed by atoms with Gasteiger partial charge in [-0.3, -0.25) is 4.79 Å². The predicted molar refractivity (Wildman–Crippen MR) is 80.6 cm³/mol. The molecule has 0 radical (unpaired) electrons. The molecule has 21 heavy (non-hydrogen) atoms. The zero-order chi connectivity index (χ0) is 15.7. The molecule has 0 atom stereocenters. The highest BCUT2D eigenvalue weighted by Crippen LogP contribution is 2.36. The van der Waals surface area contributed by atoms with Crippen LogP contribution in [0.4, 0.5) is 0 Å². The lowest BCUT2D eigenvalue weighted by Crippen LogP contribution is -2.12. The molecule has 0 saturated carbocycles. The van der Waals surface area contributed by atoms with Crippen molar-refractivity contribution in [1.82, 2.24) is 0 Å². The molecule has 5 heteroatoms. The quantitative estimate of drug-likeness (QED) is 0.490. The van der Waals surface area contributed by atoms with E-state index in [9.17, 15) is 4.79 Å². The number of carbonyl (C=O) groups excluding carboxylic acids is 1. The average Bonchev–Trinajstić information content (AvgIpc) is 2.48. The van der Waals surface area contributed by atoms with E-state index in [4.69, 9.17) is 18.9 Å². The predicted octanol–water partition coefficient (Wildman–Crippen LogP) is 2.50. The number of ketones is 1. The van der Waals surface area contributed by atoms with E-state index >= 15 is 0 Å². The zero-order valence-corrected chi connectivity index (χ0v) is 13.2. The highest BCUT2D eigenvalue weighted by Gasteiger charge is 2.18. The van der Waals surface area contributed by atoms with Crippen molar-refractivity contribution in [1.29, 1.82) is 0 Å². The molecule has 0 fully saturated rings. The number of hydrogen-bond acceptors (Lipinski definition) is 5. The van der Waals surface area contributed by atoms with Gasteiger partial charge in [0.1, 0.15) is 13.2 Å². The van der Waals surface area contributed by atoms with Gasteiger partial charge in [0.2, 0.25) is 0 Å². The SMILES string of the molecule is CCc1ccc(C(C)=O)c(OCCOC)c1OCCOC. The van der Waals surface area contributed by atoms with Crippen LogP contribution in [-0.2, 0) is 15.9 Å². The van der Waals surface area contributed by atoms with Crippen molar-refractivity contribution < 1.29 is 23.7 Å². The van der Waals surface area contributed by atoms with Crippen LogP contribution in [0.3, 0.4) is 0 Å². The molecular weight excluding hydrogens is 272 g/mol. The highest BCUT2D eigenvalue weighted by molar-refractivity contribution is 5.98. The van der Waals surface area contributed by atoms with Crippen molar-refractivity contribution in [2.45, 2.75) is 20.3 Å². The van der Waals surface area contributed by atoms with Crippen molar-refractivity contribution in [3.8, 4) is 11.5 Å². The van der Waals surface area contributed by atoms with Gasteiger partial charge in [-0.25, -0.2) is 0 Å². The third kappa shape index (κ3) is 5.02. The minimum absolute atomic E-state index is 0.0540. The van der Waals surface area contributed by atoms with Gasteiger partial charge in [0.25, 0.3) is 0 Å². The van der Waals surface area contributed by atoms with Crippen LogP contribution < -0.4 is 9.47 Å². The summed E-state index contributed by atoms with van der Waals surface area (Å²) >= 11 is 0. The van der Waals surface area contributed by atoms with E-state index in [-0.39, 0.29) is 5.78 Å². The molecule has 0 aliphatic heterocycles. The zero-order valence-electron chi connectivity index (χ0n) is 13.2. The van der Waals surface area contributed by atoms with Crippen LogP contribution in [0.5, 0.6) is 11.5 Å². The van der Waals surface area contributed by atoms with E-state index in [1.54, 1.807) is 20.3 Å². The fraction of sp³-hybridized carbons (Fsp3) is 0.562. The first-order valence-corrected chi connectivity index (χ1v) is 7.05. The second kappa shape index (κ2) is 9.37. The summed E-state index contributed by atoms with van der Waals surface area (Å²) in [5.74, 6) is 1.06. The van der Waals surface area contributed by atoms with Crippen molar-refractivity contribution in [3.63, 3.8) is 0 Å². The minimum atomic E-state index is -0.0540. The van der Waals surface area contributed by atoms with Crippen molar-refractivity contribution in [2.24, 2.45) is 0 Å². The van der Waals surface area contributed by atoms with E-state index in [0.717, 1.165) is 12.0 Å². The van der Waals surface area contributed by atoms with Crippen LogP contribution in [0.25, 0.3) is 0 Å².